The first kappa shape index (κ1) is 13.8. The van der Waals surface area contributed by atoms with E-state index in [9.17, 15) is 5.11 Å². The fourth-order valence-electron chi connectivity index (χ4n) is 0.854. The van der Waals surface area contributed by atoms with Crippen LogP contribution in [0.15, 0.2) is 12.2 Å². The number of halogens is 7. The average Bonchev–Trinajstić information content (AvgIpc) is 1.98. The van der Waals surface area contributed by atoms with Crippen LogP contribution in [0, 0.1) is 0 Å². The predicted octanol–water partition coefficient (Wildman–Crippen LogP) is 4.01. The minimum absolute atomic E-state index is 1.03. The molecule has 1 rings (SSSR count). The second kappa shape index (κ2) is 3.61. The van der Waals surface area contributed by atoms with E-state index in [-0.39, 0.29) is 0 Å². The highest BCUT2D eigenvalue weighted by atomic mass is 35.5. The Morgan fingerprint density at radius 3 is 1.50 bits per heavy atom. The first-order valence-corrected chi connectivity index (χ1v) is 5.85. The van der Waals surface area contributed by atoms with Gasteiger partial charge in [-0.2, -0.15) is 0 Å². The van der Waals surface area contributed by atoms with Gasteiger partial charge in [0.1, 0.15) is 0 Å². The molecule has 0 saturated heterocycles. The van der Waals surface area contributed by atoms with Gasteiger partial charge in [-0.05, 0) is 12.2 Å². The number of hydrogen-bond donors (Lipinski definition) is 1. The summed E-state index contributed by atoms with van der Waals surface area (Å²) in [4.78, 5) is 0. The van der Waals surface area contributed by atoms with Gasteiger partial charge < -0.3 is 5.11 Å². The van der Waals surface area contributed by atoms with E-state index >= 15 is 0 Å². The molecule has 0 bridgehead atoms. The lowest BCUT2D eigenvalue weighted by molar-refractivity contribution is 0.145. The molecule has 1 atom stereocenters. The van der Waals surface area contributed by atoms with Crippen LogP contribution in [0.5, 0.6) is 0 Å². The number of alkyl halides is 7. The van der Waals surface area contributed by atoms with E-state index in [1.807, 2.05) is 0 Å². The second-order valence-electron chi connectivity index (χ2n) is 2.78. The fourth-order valence-corrected chi connectivity index (χ4v) is 2.60. The summed E-state index contributed by atoms with van der Waals surface area (Å²) in [5.41, 5.74) is 0. The van der Waals surface area contributed by atoms with Crippen LogP contribution >= 0.6 is 81.2 Å². The maximum absolute atomic E-state index is 9.60. The lowest BCUT2D eigenvalue weighted by Gasteiger charge is -2.47. The largest absolute Gasteiger partial charge is 0.369 e. The molecule has 0 fully saturated rings. The molecule has 1 nitrogen and oxygen atoms in total. The van der Waals surface area contributed by atoms with E-state index in [0.717, 1.165) is 12.2 Å². The van der Waals surface area contributed by atoms with Crippen LogP contribution in [0.4, 0.5) is 0 Å². The lowest BCUT2D eigenvalue weighted by Crippen LogP contribution is -2.61. The van der Waals surface area contributed by atoms with Crippen molar-refractivity contribution in [2.24, 2.45) is 0 Å². The number of allylic oxidation sites excluding steroid dienone is 1. The van der Waals surface area contributed by atoms with E-state index in [4.69, 9.17) is 81.2 Å². The smallest absolute Gasteiger partial charge is 0.200 e. The SMILES string of the molecule is OC1(Cl)C=CC(Cl)(Cl)C(Cl)(Cl)C1(Cl)Cl. The molecule has 1 unspecified atom stereocenters. The standard InChI is InChI=1S/C6H3Cl7O/c7-3(8)1-2-4(9,14)6(12,13)5(3,10)11/h1-2,14H. The molecule has 0 aromatic rings. The maximum Gasteiger partial charge on any atom is 0.200 e. The van der Waals surface area contributed by atoms with Crippen molar-refractivity contribution in [3.05, 3.63) is 12.2 Å². The molecule has 1 aliphatic carbocycles. The van der Waals surface area contributed by atoms with E-state index in [0.29, 0.717) is 0 Å². The minimum Gasteiger partial charge on any atom is -0.369 e. The van der Waals surface area contributed by atoms with Gasteiger partial charge in [-0.3, -0.25) is 0 Å². The topological polar surface area (TPSA) is 20.2 Å². The molecule has 0 aromatic heterocycles. The Morgan fingerprint density at radius 1 is 0.714 bits per heavy atom. The second-order valence-corrected chi connectivity index (χ2v) is 7.40. The molecule has 8 heteroatoms. The van der Waals surface area contributed by atoms with Crippen LogP contribution in [0.25, 0.3) is 0 Å². The van der Waals surface area contributed by atoms with Crippen molar-refractivity contribution >= 4 is 81.2 Å². The van der Waals surface area contributed by atoms with Gasteiger partial charge in [0, 0.05) is 0 Å². The Hall–Kier alpha value is 1.73. The highest BCUT2D eigenvalue weighted by molar-refractivity contribution is 6.72. The number of hydrogen-bond acceptors (Lipinski definition) is 1. The molecule has 0 aromatic carbocycles. The third kappa shape index (κ3) is 1.74. The summed E-state index contributed by atoms with van der Waals surface area (Å²) in [6.07, 6.45) is 2.14. The summed E-state index contributed by atoms with van der Waals surface area (Å²) in [6, 6.07) is 0. The molecule has 14 heavy (non-hydrogen) atoms. The molecule has 0 saturated carbocycles. The third-order valence-electron chi connectivity index (χ3n) is 1.77. The molecule has 0 aliphatic heterocycles. The normalized spacial score (nSPS) is 38.3. The van der Waals surface area contributed by atoms with Crippen molar-refractivity contribution in [3.63, 3.8) is 0 Å². The average molecular weight is 339 g/mol. The summed E-state index contributed by atoms with van der Waals surface area (Å²) in [5.74, 6) is 0. The first-order chi connectivity index (χ1) is 5.96. The quantitative estimate of drug-likeness (QED) is 0.522. The Balaban J connectivity index is 3.36. The lowest BCUT2D eigenvalue weighted by atomic mass is 10.0. The molecule has 1 aliphatic rings. The molecular formula is C6H3Cl7O. The van der Waals surface area contributed by atoms with Gasteiger partial charge in [0.15, 0.2) is 18.1 Å². The van der Waals surface area contributed by atoms with Crippen molar-refractivity contribution in [3.8, 4) is 0 Å². The van der Waals surface area contributed by atoms with Crippen LogP contribution in [0.2, 0.25) is 0 Å². The van der Waals surface area contributed by atoms with Gasteiger partial charge in [0.25, 0.3) is 0 Å². The van der Waals surface area contributed by atoms with E-state index in [2.05, 4.69) is 0 Å². The van der Waals surface area contributed by atoms with E-state index < -0.39 is 18.1 Å². The molecule has 0 heterocycles. The summed E-state index contributed by atoms with van der Waals surface area (Å²) in [7, 11) is 0. The highest BCUT2D eigenvalue weighted by Gasteiger charge is 2.69. The summed E-state index contributed by atoms with van der Waals surface area (Å²) in [6.45, 7) is 0. The number of rotatable bonds is 0. The highest BCUT2D eigenvalue weighted by Crippen LogP contribution is 2.62. The van der Waals surface area contributed by atoms with Crippen molar-refractivity contribution in [1.29, 1.82) is 0 Å². The van der Waals surface area contributed by atoms with Crippen LogP contribution in [0.1, 0.15) is 0 Å². The Kier molecular flexibility index (Phi) is 3.56. The Morgan fingerprint density at radius 2 is 1.14 bits per heavy atom. The van der Waals surface area contributed by atoms with Crippen LogP contribution in [-0.4, -0.2) is 23.2 Å². The summed E-state index contributed by atoms with van der Waals surface area (Å²) in [5, 5.41) is 7.45. The summed E-state index contributed by atoms with van der Waals surface area (Å²) >= 11 is 40.1. The zero-order chi connectivity index (χ0) is 11.4. The molecule has 0 amide bonds. The van der Waals surface area contributed by atoms with Crippen molar-refractivity contribution in [2.45, 2.75) is 18.1 Å². The molecule has 0 spiro atoms. The van der Waals surface area contributed by atoms with Gasteiger partial charge in [-0.1, -0.05) is 81.2 Å². The van der Waals surface area contributed by atoms with Crippen molar-refractivity contribution in [2.75, 3.05) is 0 Å². The molecule has 1 N–H and O–H groups in total. The van der Waals surface area contributed by atoms with Gasteiger partial charge in [0.2, 0.25) is 0 Å². The first-order valence-electron chi connectivity index (χ1n) is 3.21. The monoisotopic (exact) mass is 336 g/mol. The Labute approximate surface area is 116 Å². The minimum atomic E-state index is -2.15. The third-order valence-corrected chi connectivity index (χ3v) is 6.27. The maximum atomic E-state index is 9.60. The summed E-state index contributed by atoms with van der Waals surface area (Å²) < 4.78 is -5.96. The van der Waals surface area contributed by atoms with Gasteiger partial charge in [-0.25, -0.2) is 0 Å². The van der Waals surface area contributed by atoms with Crippen LogP contribution in [0.3, 0.4) is 0 Å². The van der Waals surface area contributed by atoms with Gasteiger partial charge in [0.05, 0.1) is 0 Å². The van der Waals surface area contributed by atoms with Crippen molar-refractivity contribution in [1.82, 2.24) is 0 Å². The number of aliphatic hydroxyl groups is 1. The van der Waals surface area contributed by atoms with E-state index in [1.54, 1.807) is 0 Å². The van der Waals surface area contributed by atoms with Gasteiger partial charge in [-0.15, -0.1) is 0 Å². The van der Waals surface area contributed by atoms with E-state index in [1.165, 1.54) is 0 Å². The predicted molar refractivity (Wildman–Crippen MR) is 63.3 cm³/mol. The van der Waals surface area contributed by atoms with Gasteiger partial charge >= 0.3 is 0 Å². The Bertz CT molecular complexity index is 252. The van der Waals surface area contributed by atoms with Crippen LogP contribution in [-0.2, 0) is 0 Å². The van der Waals surface area contributed by atoms with Crippen LogP contribution < -0.4 is 0 Å². The molecule has 82 valence electrons. The molecule has 0 radical (unpaired) electrons. The van der Waals surface area contributed by atoms with Crippen molar-refractivity contribution < 1.29 is 5.11 Å². The molecular weight excluding hydrogens is 336 g/mol. The zero-order valence-corrected chi connectivity index (χ0v) is 11.5. The fraction of sp³-hybridized carbons (Fsp3) is 0.667. The zero-order valence-electron chi connectivity index (χ0n) is 6.25.